The quantitative estimate of drug-likeness (QED) is 0.700. The van der Waals surface area contributed by atoms with Crippen LogP contribution >= 0.6 is 0 Å². The molecular formula is C17H26N2O. The number of benzene rings is 1. The molecule has 0 aliphatic rings. The van der Waals surface area contributed by atoms with Crippen LogP contribution in [0.15, 0.2) is 49.2 Å². The molecule has 0 aromatic heterocycles. The Morgan fingerprint density at radius 3 is 2.50 bits per heavy atom. The van der Waals surface area contributed by atoms with Crippen molar-refractivity contribution in [2.24, 2.45) is 0 Å². The van der Waals surface area contributed by atoms with Crippen LogP contribution in [0.5, 0.6) is 5.75 Å². The summed E-state index contributed by atoms with van der Waals surface area (Å²) in [6.07, 6.45) is 6.11. The van der Waals surface area contributed by atoms with Gasteiger partial charge in [-0.1, -0.05) is 24.3 Å². The standard InChI is InChI=1S/C17H26N2O/c1-5-12-19(15(2)3)13-6-11-18-14-16-7-9-17(20-4)10-8-16/h5-11,15,18H,1,12-14H2,2-4H3. The Labute approximate surface area is 122 Å². The predicted molar refractivity (Wildman–Crippen MR) is 85.9 cm³/mol. The summed E-state index contributed by atoms with van der Waals surface area (Å²) in [4.78, 5) is 2.35. The summed E-state index contributed by atoms with van der Waals surface area (Å²) in [5.41, 5.74) is 1.24. The molecule has 3 nitrogen and oxygen atoms in total. The molecule has 0 aliphatic heterocycles. The molecule has 0 unspecified atom stereocenters. The van der Waals surface area contributed by atoms with Crippen molar-refractivity contribution in [3.8, 4) is 5.75 Å². The van der Waals surface area contributed by atoms with Crippen LogP contribution in [0.25, 0.3) is 0 Å². The maximum atomic E-state index is 5.14. The highest BCUT2D eigenvalue weighted by molar-refractivity contribution is 5.27. The maximum absolute atomic E-state index is 5.14. The average molecular weight is 274 g/mol. The molecular weight excluding hydrogens is 248 g/mol. The van der Waals surface area contributed by atoms with Crippen molar-refractivity contribution in [3.63, 3.8) is 0 Å². The van der Waals surface area contributed by atoms with Crippen LogP contribution < -0.4 is 10.1 Å². The van der Waals surface area contributed by atoms with Gasteiger partial charge in [0, 0.05) is 25.7 Å². The minimum absolute atomic E-state index is 0.527. The van der Waals surface area contributed by atoms with Gasteiger partial charge in [-0.2, -0.15) is 0 Å². The molecule has 1 rings (SSSR count). The van der Waals surface area contributed by atoms with E-state index in [9.17, 15) is 0 Å². The van der Waals surface area contributed by atoms with Crippen molar-refractivity contribution >= 4 is 0 Å². The van der Waals surface area contributed by atoms with E-state index in [0.29, 0.717) is 6.04 Å². The normalized spacial score (nSPS) is 11.2. The molecule has 110 valence electrons. The van der Waals surface area contributed by atoms with Gasteiger partial charge in [-0.3, -0.25) is 4.90 Å². The Kier molecular flexibility index (Phi) is 7.51. The van der Waals surface area contributed by atoms with Gasteiger partial charge < -0.3 is 10.1 Å². The van der Waals surface area contributed by atoms with Crippen LogP contribution in [0.2, 0.25) is 0 Å². The Bertz CT molecular complexity index is 410. The highest BCUT2D eigenvalue weighted by Gasteiger charge is 2.03. The zero-order valence-electron chi connectivity index (χ0n) is 12.8. The van der Waals surface area contributed by atoms with Gasteiger partial charge in [-0.25, -0.2) is 0 Å². The minimum Gasteiger partial charge on any atom is -0.497 e. The number of nitrogens with zero attached hydrogens (tertiary/aromatic N) is 1. The zero-order chi connectivity index (χ0) is 14.8. The molecule has 0 bridgehead atoms. The van der Waals surface area contributed by atoms with Crippen molar-refractivity contribution in [3.05, 3.63) is 54.8 Å². The van der Waals surface area contributed by atoms with Crippen LogP contribution in [0, 0.1) is 0 Å². The molecule has 20 heavy (non-hydrogen) atoms. The van der Waals surface area contributed by atoms with Crippen LogP contribution in [0.1, 0.15) is 19.4 Å². The van der Waals surface area contributed by atoms with E-state index in [4.69, 9.17) is 4.74 Å². The molecule has 1 N–H and O–H groups in total. The summed E-state index contributed by atoms with van der Waals surface area (Å²) < 4.78 is 5.14. The van der Waals surface area contributed by atoms with E-state index in [1.54, 1.807) is 7.11 Å². The smallest absolute Gasteiger partial charge is 0.118 e. The largest absolute Gasteiger partial charge is 0.497 e. The van der Waals surface area contributed by atoms with Crippen LogP contribution in [-0.4, -0.2) is 31.1 Å². The lowest BCUT2D eigenvalue weighted by Crippen LogP contribution is -2.31. The third-order valence-electron chi connectivity index (χ3n) is 3.13. The maximum Gasteiger partial charge on any atom is 0.118 e. The summed E-state index contributed by atoms with van der Waals surface area (Å²) in [7, 11) is 1.68. The molecule has 0 saturated heterocycles. The molecule has 0 aliphatic carbocycles. The number of ether oxygens (including phenoxy) is 1. The lowest BCUT2D eigenvalue weighted by atomic mass is 10.2. The third kappa shape index (κ3) is 5.93. The molecule has 3 heteroatoms. The van der Waals surface area contributed by atoms with Crippen molar-refractivity contribution < 1.29 is 4.74 Å². The first-order valence-corrected chi connectivity index (χ1v) is 7.03. The minimum atomic E-state index is 0.527. The molecule has 0 amide bonds. The van der Waals surface area contributed by atoms with Crippen LogP contribution in [-0.2, 0) is 6.54 Å². The Balaban J connectivity index is 2.31. The Hall–Kier alpha value is -1.74. The lowest BCUT2D eigenvalue weighted by molar-refractivity contribution is 0.272. The Morgan fingerprint density at radius 1 is 1.25 bits per heavy atom. The predicted octanol–water partition coefficient (Wildman–Crippen LogP) is 3.19. The van der Waals surface area contributed by atoms with Gasteiger partial charge in [0.15, 0.2) is 0 Å². The van der Waals surface area contributed by atoms with E-state index in [1.165, 1.54) is 5.56 Å². The van der Waals surface area contributed by atoms with Gasteiger partial charge in [0.05, 0.1) is 7.11 Å². The molecule has 0 radical (unpaired) electrons. The number of hydrogen-bond donors (Lipinski definition) is 1. The fourth-order valence-electron chi connectivity index (χ4n) is 1.85. The second-order valence-corrected chi connectivity index (χ2v) is 4.97. The number of rotatable bonds is 9. The summed E-state index contributed by atoms with van der Waals surface area (Å²) in [6, 6.07) is 8.62. The van der Waals surface area contributed by atoms with Gasteiger partial charge in [0.2, 0.25) is 0 Å². The second-order valence-electron chi connectivity index (χ2n) is 4.97. The lowest BCUT2D eigenvalue weighted by Gasteiger charge is -2.23. The highest BCUT2D eigenvalue weighted by atomic mass is 16.5. The van der Waals surface area contributed by atoms with E-state index in [0.717, 1.165) is 25.4 Å². The monoisotopic (exact) mass is 274 g/mol. The van der Waals surface area contributed by atoms with Crippen molar-refractivity contribution in [1.29, 1.82) is 0 Å². The van der Waals surface area contributed by atoms with Crippen LogP contribution in [0.4, 0.5) is 0 Å². The van der Waals surface area contributed by atoms with Crippen molar-refractivity contribution in [1.82, 2.24) is 10.2 Å². The first kappa shape index (κ1) is 16.3. The number of hydrogen-bond acceptors (Lipinski definition) is 3. The molecule has 0 saturated carbocycles. The number of methoxy groups -OCH3 is 1. The van der Waals surface area contributed by atoms with Crippen molar-refractivity contribution in [2.75, 3.05) is 20.2 Å². The first-order chi connectivity index (χ1) is 9.67. The first-order valence-electron chi connectivity index (χ1n) is 7.03. The third-order valence-corrected chi connectivity index (χ3v) is 3.13. The molecule has 1 aromatic carbocycles. The van der Waals surface area contributed by atoms with Gasteiger partial charge in [0.1, 0.15) is 5.75 Å². The summed E-state index contributed by atoms with van der Waals surface area (Å²) in [5, 5.41) is 3.30. The van der Waals surface area contributed by atoms with E-state index >= 15 is 0 Å². The molecule has 1 aromatic rings. The Morgan fingerprint density at radius 2 is 1.95 bits per heavy atom. The topological polar surface area (TPSA) is 24.5 Å². The van der Waals surface area contributed by atoms with E-state index in [-0.39, 0.29) is 0 Å². The molecule has 0 spiro atoms. The highest BCUT2D eigenvalue weighted by Crippen LogP contribution is 2.10. The summed E-state index contributed by atoms with van der Waals surface area (Å²) in [6.45, 7) is 10.9. The fraction of sp³-hybridized carbons (Fsp3) is 0.412. The summed E-state index contributed by atoms with van der Waals surface area (Å²) in [5.74, 6) is 0.890. The van der Waals surface area contributed by atoms with E-state index in [1.807, 2.05) is 24.4 Å². The SMILES string of the molecule is C=CCN(CC=CNCc1ccc(OC)cc1)C(C)C. The fourth-order valence-corrected chi connectivity index (χ4v) is 1.85. The summed E-state index contributed by atoms with van der Waals surface area (Å²) >= 11 is 0. The molecule has 0 fully saturated rings. The average Bonchev–Trinajstić information content (AvgIpc) is 2.46. The molecule has 0 heterocycles. The van der Waals surface area contributed by atoms with E-state index < -0.39 is 0 Å². The van der Waals surface area contributed by atoms with Gasteiger partial charge >= 0.3 is 0 Å². The van der Waals surface area contributed by atoms with Crippen molar-refractivity contribution in [2.45, 2.75) is 26.4 Å². The number of nitrogens with one attached hydrogen (secondary N) is 1. The zero-order valence-corrected chi connectivity index (χ0v) is 12.8. The second kappa shape index (κ2) is 9.21. The van der Waals surface area contributed by atoms with Gasteiger partial charge in [0.25, 0.3) is 0 Å². The van der Waals surface area contributed by atoms with Gasteiger partial charge in [-0.15, -0.1) is 6.58 Å². The van der Waals surface area contributed by atoms with E-state index in [2.05, 4.69) is 48.9 Å². The van der Waals surface area contributed by atoms with Crippen LogP contribution in [0.3, 0.4) is 0 Å². The molecule has 0 atom stereocenters. The van der Waals surface area contributed by atoms with Gasteiger partial charge in [-0.05, 0) is 37.7 Å².